The number of carbonyl (C=O) groups excluding carboxylic acids is 1. The highest BCUT2D eigenvalue weighted by atomic mass is 16.6. The van der Waals surface area contributed by atoms with Crippen molar-refractivity contribution in [3.8, 4) is 0 Å². The van der Waals surface area contributed by atoms with E-state index in [1.807, 2.05) is 7.05 Å². The molecule has 114 valence electrons. The van der Waals surface area contributed by atoms with Gasteiger partial charge in [-0.3, -0.25) is 0 Å². The number of hydrogen-bond donors (Lipinski definition) is 0. The molecule has 0 aromatic carbocycles. The summed E-state index contributed by atoms with van der Waals surface area (Å²) in [6.07, 6.45) is 3.97. The Balaban J connectivity index is 3.71. The standard InChI is InChI=1S/C16H33NO2/c1-15(2,3)10-8-12-17(7)14(18)19-13-9-11-16(4,5)6/h8-13H2,1-7H3. The smallest absolute Gasteiger partial charge is 0.409 e. The second-order valence-electron chi connectivity index (χ2n) is 7.86. The fraction of sp³-hybridized carbons (Fsp3) is 0.938. The van der Waals surface area contributed by atoms with Gasteiger partial charge in [-0.2, -0.15) is 0 Å². The van der Waals surface area contributed by atoms with E-state index in [4.69, 9.17) is 4.74 Å². The van der Waals surface area contributed by atoms with E-state index in [9.17, 15) is 4.79 Å². The normalized spacial score (nSPS) is 12.4. The van der Waals surface area contributed by atoms with Crippen LogP contribution in [0.5, 0.6) is 0 Å². The van der Waals surface area contributed by atoms with Gasteiger partial charge in [-0.05, 0) is 36.5 Å². The first-order valence-corrected chi connectivity index (χ1v) is 7.39. The Morgan fingerprint density at radius 2 is 1.42 bits per heavy atom. The fourth-order valence-corrected chi connectivity index (χ4v) is 1.81. The predicted octanol–water partition coefficient (Wildman–Crippen LogP) is 4.71. The minimum absolute atomic E-state index is 0.192. The van der Waals surface area contributed by atoms with Gasteiger partial charge < -0.3 is 9.64 Å². The first kappa shape index (κ1) is 18.3. The van der Waals surface area contributed by atoms with E-state index in [2.05, 4.69) is 41.5 Å². The molecule has 0 unspecified atom stereocenters. The SMILES string of the molecule is CN(CCCC(C)(C)C)C(=O)OCCCC(C)(C)C. The van der Waals surface area contributed by atoms with Crippen LogP contribution in [0.15, 0.2) is 0 Å². The minimum atomic E-state index is -0.192. The van der Waals surface area contributed by atoms with E-state index in [1.54, 1.807) is 4.90 Å². The van der Waals surface area contributed by atoms with Crippen LogP contribution in [0.3, 0.4) is 0 Å². The molecule has 1 amide bonds. The maximum atomic E-state index is 11.7. The van der Waals surface area contributed by atoms with Crippen molar-refractivity contribution >= 4 is 6.09 Å². The third-order valence-corrected chi connectivity index (χ3v) is 3.03. The molecule has 0 aliphatic rings. The Bertz CT molecular complexity index is 261. The molecule has 0 bridgehead atoms. The quantitative estimate of drug-likeness (QED) is 0.655. The molecule has 0 saturated heterocycles. The third kappa shape index (κ3) is 12.1. The van der Waals surface area contributed by atoms with Crippen molar-refractivity contribution in [1.29, 1.82) is 0 Å². The van der Waals surface area contributed by atoms with Gasteiger partial charge in [-0.1, -0.05) is 41.5 Å². The summed E-state index contributed by atoms with van der Waals surface area (Å²) < 4.78 is 5.27. The van der Waals surface area contributed by atoms with Crippen molar-refractivity contribution in [2.24, 2.45) is 10.8 Å². The third-order valence-electron chi connectivity index (χ3n) is 3.03. The van der Waals surface area contributed by atoms with E-state index in [0.717, 1.165) is 32.2 Å². The Morgan fingerprint density at radius 3 is 1.89 bits per heavy atom. The van der Waals surface area contributed by atoms with Gasteiger partial charge in [0.2, 0.25) is 0 Å². The molecule has 0 saturated carbocycles. The summed E-state index contributed by atoms with van der Waals surface area (Å²) in [6.45, 7) is 14.6. The zero-order chi connectivity index (χ0) is 15.1. The van der Waals surface area contributed by atoms with Crippen LogP contribution in [0.4, 0.5) is 4.79 Å². The van der Waals surface area contributed by atoms with Crippen molar-refractivity contribution in [2.45, 2.75) is 67.2 Å². The van der Waals surface area contributed by atoms with Crippen LogP contribution in [0.25, 0.3) is 0 Å². The van der Waals surface area contributed by atoms with E-state index in [1.165, 1.54) is 0 Å². The molecule has 0 radical (unpaired) electrons. The molecule has 0 N–H and O–H groups in total. The molecule has 0 rings (SSSR count). The lowest BCUT2D eigenvalue weighted by Gasteiger charge is -2.22. The van der Waals surface area contributed by atoms with Gasteiger partial charge in [-0.25, -0.2) is 4.79 Å². The minimum Gasteiger partial charge on any atom is -0.449 e. The number of amides is 1. The summed E-state index contributed by atoms with van der Waals surface area (Å²) in [4.78, 5) is 13.4. The average molecular weight is 271 g/mol. The molecule has 0 spiro atoms. The van der Waals surface area contributed by atoms with Crippen molar-refractivity contribution in [2.75, 3.05) is 20.2 Å². The molecule has 19 heavy (non-hydrogen) atoms. The number of ether oxygens (including phenoxy) is 1. The largest absolute Gasteiger partial charge is 0.449 e. The molecule has 0 aromatic rings. The van der Waals surface area contributed by atoms with E-state index >= 15 is 0 Å². The van der Waals surface area contributed by atoms with Crippen LogP contribution >= 0.6 is 0 Å². The number of rotatable bonds is 6. The number of hydrogen-bond acceptors (Lipinski definition) is 2. The maximum absolute atomic E-state index is 11.7. The van der Waals surface area contributed by atoms with Gasteiger partial charge in [0.05, 0.1) is 6.61 Å². The molecule has 0 aliphatic carbocycles. The van der Waals surface area contributed by atoms with Crippen LogP contribution in [-0.4, -0.2) is 31.2 Å². The van der Waals surface area contributed by atoms with E-state index in [0.29, 0.717) is 17.4 Å². The molecule has 0 aromatic heterocycles. The van der Waals surface area contributed by atoms with Gasteiger partial charge in [0.15, 0.2) is 0 Å². The van der Waals surface area contributed by atoms with Crippen LogP contribution < -0.4 is 0 Å². The van der Waals surface area contributed by atoms with E-state index < -0.39 is 0 Å². The molecular formula is C16H33NO2. The summed E-state index contributed by atoms with van der Waals surface area (Å²) in [7, 11) is 1.81. The second kappa shape index (κ2) is 7.76. The van der Waals surface area contributed by atoms with Gasteiger partial charge in [0.1, 0.15) is 0 Å². The van der Waals surface area contributed by atoms with Gasteiger partial charge in [-0.15, -0.1) is 0 Å². The monoisotopic (exact) mass is 271 g/mol. The summed E-state index contributed by atoms with van der Waals surface area (Å²) in [6, 6.07) is 0. The Kier molecular flexibility index (Phi) is 7.46. The van der Waals surface area contributed by atoms with Gasteiger partial charge in [0.25, 0.3) is 0 Å². The van der Waals surface area contributed by atoms with E-state index in [-0.39, 0.29) is 6.09 Å². The molecule has 0 aliphatic heterocycles. The zero-order valence-corrected chi connectivity index (χ0v) is 14.0. The van der Waals surface area contributed by atoms with Crippen LogP contribution in [0, 0.1) is 10.8 Å². The van der Waals surface area contributed by atoms with Crippen molar-refractivity contribution in [3.05, 3.63) is 0 Å². The lowest BCUT2D eigenvalue weighted by atomic mass is 9.90. The molecular weight excluding hydrogens is 238 g/mol. The molecule has 3 nitrogen and oxygen atoms in total. The lowest BCUT2D eigenvalue weighted by Crippen LogP contribution is -2.29. The number of carbonyl (C=O) groups is 1. The molecule has 0 atom stereocenters. The maximum Gasteiger partial charge on any atom is 0.409 e. The second-order valence-corrected chi connectivity index (χ2v) is 7.86. The average Bonchev–Trinajstić information content (AvgIpc) is 2.20. The molecule has 3 heteroatoms. The number of nitrogens with zero attached hydrogens (tertiary/aromatic N) is 1. The highest BCUT2D eigenvalue weighted by Gasteiger charge is 2.14. The fourth-order valence-electron chi connectivity index (χ4n) is 1.81. The summed E-state index contributed by atoms with van der Waals surface area (Å²) in [5.74, 6) is 0. The molecule has 0 heterocycles. The van der Waals surface area contributed by atoms with Crippen molar-refractivity contribution in [3.63, 3.8) is 0 Å². The predicted molar refractivity (Wildman–Crippen MR) is 81.4 cm³/mol. The lowest BCUT2D eigenvalue weighted by molar-refractivity contribution is 0.104. The first-order chi connectivity index (χ1) is 8.51. The highest BCUT2D eigenvalue weighted by molar-refractivity contribution is 5.67. The van der Waals surface area contributed by atoms with Gasteiger partial charge >= 0.3 is 6.09 Å². The Morgan fingerprint density at radius 1 is 0.947 bits per heavy atom. The van der Waals surface area contributed by atoms with Crippen LogP contribution in [0.1, 0.15) is 67.2 Å². The first-order valence-electron chi connectivity index (χ1n) is 7.39. The Hall–Kier alpha value is -0.730. The summed E-state index contributed by atoms with van der Waals surface area (Å²) in [5.41, 5.74) is 0.641. The van der Waals surface area contributed by atoms with Crippen LogP contribution in [-0.2, 0) is 4.74 Å². The van der Waals surface area contributed by atoms with Gasteiger partial charge in [0, 0.05) is 13.6 Å². The molecule has 0 fully saturated rings. The van der Waals surface area contributed by atoms with Crippen molar-refractivity contribution < 1.29 is 9.53 Å². The highest BCUT2D eigenvalue weighted by Crippen LogP contribution is 2.21. The topological polar surface area (TPSA) is 29.5 Å². The Labute approximate surface area is 119 Å². The zero-order valence-electron chi connectivity index (χ0n) is 14.0. The summed E-state index contributed by atoms with van der Waals surface area (Å²) >= 11 is 0. The summed E-state index contributed by atoms with van der Waals surface area (Å²) in [5, 5.41) is 0. The van der Waals surface area contributed by atoms with Crippen molar-refractivity contribution in [1.82, 2.24) is 4.90 Å². The van der Waals surface area contributed by atoms with Crippen LogP contribution in [0.2, 0.25) is 0 Å².